The van der Waals surface area contributed by atoms with Gasteiger partial charge in [-0.25, -0.2) is 9.97 Å². The second-order valence-electron chi connectivity index (χ2n) is 6.26. The van der Waals surface area contributed by atoms with E-state index >= 15 is 0 Å². The molecule has 1 aliphatic rings. The van der Waals surface area contributed by atoms with Crippen LogP contribution in [-0.4, -0.2) is 49.2 Å². The molecule has 0 bridgehead atoms. The van der Waals surface area contributed by atoms with Crippen molar-refractivity contribution in [1.29, 1.82) is 0 Å². The van der Waals surface area contributed by atoms with E-state index in [0.717, 1.165) is 24.9 Å². The summed E-state index contributed by atoms with van der Waals surface area (Å²) < 4.78 is 10.6. The molecule has 1 saturated heterocycles. The largest absolute Gasteiger partial charge is 0.497 e. The summed E-state index contributed by atoms with van der Waals surface area (Å²) in [6, 6.07) is 7.35. The van der Waals surface area contributed by atoms with Gasteiger partial charge in [0, 0.05) is 37.1 Å². The maximum Gasteiger partial charge on any atom is 0.225 e. The first kappa shape index (κ1) is 18.0. The van der Waals surface area contributed by atoms with Crippen molar-refractivity contribution in [3.63, 3.8) is 0 Å². The third kappa shape index (κ3) is 4.41. The van der Waals surface area contributed by atoms with Gasteiger partial charge in [0.2, 0.25) is 11.9 Å². The number of methoxy groups -OCH3 is 2. The van der Waals surface area contributed by atoms with Crippen molar-refractivity contribution in [2.45, 2.75) is 25.3 Å². The lowest BCUT2D eigenvalue weighted by molar-refractivity contribution is -0.121. The number of ether oxygens (including phenoxy) is 2. The first-order chi connectivity index (χ1) is 12.7. The van der Waals surface area contributed by atoms with Crippen molar-refractivity contribution >= 4 is 11.9 Å². The molecule has 2 aromatic rings. The highest BCUT2D eigenvalue weighted by atomic mass is 16.5. The van der Waals surface area contributed by atoms with Crippen LogP contribution in [0.1, 0.15) is 18.4 Å². The van der Waals surface area contributed by atoms with Gasteiger partial charge in [0.05, 0.1) is 20.6 Å². The molecule has 1 aliphatic heterocycles. The van der Waals surface area contributed by atoms with Gasteiger partial charge in [0.1, 0.15) is 11.5 Å². The zero-order chi connectivity index (χ0) is 18.4. The summed E-state index contributed by atoms with van der Waals surface area (Å²) in [5.74, 6) is 2.07. The number of amides is 1. The number of aromatic nitrogens is 2. The number of rotatable bonds is 6. The van der Waals surface area contributed by atoms with Crippen molar-refractivity contribution in [3.8, 4) is 11.5 Å². The van der Waals surface area contributed by atoms with E-state index in [0.29, 0.717) is 24.0 Å². The lowest BCUT2D eigenvalue weighted by Gasteiger charge is -2.33. The Morgan fingerprint density at radius 2 is 2.08 bits per heavy atom. The molecule has 3 rings (SSSR count). The van der Waals surface area contributed by atoms with Crippen LogP contribution < -0.4 is 19.7 Å². The number of carbonyl (C=O) groups excluding carboxylic acids is 1. The molecule has 0 saturated carbocycles. The van der Waals surface area contributed by atoms with E-state index in [9.17, 15) is 4.79 Å². The number of piperidine rings is 1. The molecule has 0 radical (unpaired) electrons. The number of hydrogen-bond donors (Lipinski definition) is 1. The number of anilines is 1. The zero-order valence-electron chi connectivity index (χ0n) is 15.1. The zero-order valence-corrected chi connectivity index (χ0v) is 15.1. The monoisotopic (exact) mass is 356 g/mol. The minimum Gasteiger partial charge on any atom is -0.497 e. The van der Waals surface area contributed by atoms with Gasteiger partial charge in [-0.15, -0.1) is 0 Å². The van der Waals surface area contributed by atoms with Gasteiger partial charge in [0.15, 0.2) is 0 Å². The topological polar surface area (TPSA) is 76.6 Å². The minimum absolute atomic E-state index is 0.0302. The summed E-state index contributed by atoms with van der Waals surface area (Å²) in [6.07, 6.45) is 5.66. The minimum atomic E-state index is -0.0302. The van der Waals surface area contributed by atoms with E-state index < -0.39 is 0 Å². The molecular formula is C19H24N4O3. The van der Waals surface area contributed by atoms with Crippen LogP contribution in [0.5, 0.6) is 11.5 Å². The quantitative estimate of drug-likeness (QED) is 0.851. The van der Waals surface area contributed by atoms with E-state index in [2.05, 4.69) is 20.2 Å². The molecule has 0 aliphatic carbocycles. The Bertz CT molecular complexity index is 739. The van der Waals surface area contributed by atoms with E-state index in [1.807, 2.05) is 18.2 Å². The predicted octanol–water partition coefficient (Wildman–Crippen LogP) is 1.82. The van der Waals surface area contributed by atoms with E-state index in [-0.39, 0.29) is 18.4 Å². The normalized spacial score (nSPS) is 16.8. The standard InChI is InChI=1S/C19H24N4O3/c1-25-16-6-7-17(26-2)14(11-16)12-18(24)22-15-5-3-10-23(13-15)19-20-8-4-9-21-19/h4,6-9,11,15H,3,5,10,12-13H2,1-2H3,(H,22,24)/t15-/m1/s1. The highest BCUT2D eigenvalue weighted by Crippen LogP contribution is 2.24. The van der Waals surface area contributed by atoms with Crippen LogP contribution in [0.3, 0.4) is 0 Å². The Labute approximate surface area is 153 Å². The van der Waals surface area contributed by atoms with Gasteiger partial charge in [-0.3, -0.25) is 4.79 Å². The van der Waals surface area contributed by atoms with Crippen molar-refractivity contribution < 1.29 is 14.3 Å². The fourth-order valence-corrected chi connectivity index (χ4v) is 3.20. The third-order valence-corrected chi connectivity index (χ3v) is 4.46. The van der Waals surface area contributed by atoms with Crippen LogP contribution in [0.15, 0.2) is 36.7 Å². The Hall–Kier alpha value is -2.83. The van der Waals surface area contributed by atoms with Crippen LogP contribution in [0, 0.1) is 0 Å². The number of nitrogens with zero attached hydrogens (tertiary/aromatic N) is 3. The van der Waals surface area contributed by atoms with E-state index in [1.165, 1.54) is 0 Å². The lowest BCUT2D eigenvalue weighted by Crippen LogP contribution is -2.48. The lowest BCUT2D eigenvalue weighted by atomic mass is 10.0. The van der Waals surface area contributed by atoms with Gasteiger partial charge in [-0.2, -0.15) is 0 Å². The number of hydrogen-bond acceptors (Lipinski definition) is 6. The Morgan fingerprint density at radius 1 is 1.27 bits per heavy atom. The fourth-order valence-electron chi connectivity index (χ4n) is 3.20. The molecule has 7 heteroatoms. The van der Waals surface area contributed by atoms with Gasteiger partial charge in [-0.05, 0) is 37.1 Å². The average molecular weight is 356 g/mol. The first-order valence-electron chi connectivity index (χ1n) is 8.72. The maximum atomic E-state index is 12.5. The summed E-state index contributed by atoms with van der Waals surface area (Å²) >= 11 is 0. The number of benzene rings is 1. The summed E-state index contributed by atoms with van der Waals surface area (Å²) in [5.41, 5.74) is 0.809. The molecule has 0 unspecified atom stereocenters. The number of carbonyl (C=O) groups is 1. The van der Waals surface area contributed by atoms with Crippen molar-refractivity contribution in [3.05, 3.63) is 42.2 Å². The van der Waals surface area contributed by atoms with Crippen LogP contribution in [0.25, 0.3) is 0 Å². The summed E-state index contributed by atoms with van der Waals surface area (Å²) in [4.78, 5) is 23.2. The molecule has 2 heterocycles. The Morgan fingerprint density at radius 3 is 2.81 bits per heavy atom. The molecule has 1 N–H and O–H groups in total. The van der Waals surface area contributed by atoms with Crippen LogP contribution >= 0.6 is 0 Å². The number of nitrogens with one attached hydrogen (secondary N) is 1. The van der Waals surface area contributed by atoms with Crippen molar-refractivity contribution in [2.24, 2.45) is 0 Å². The van der Waals surface area contributed by atoms with E-state index in [4.69, 9.17) is 9.47 Å². The van der Waals surface area contributed by atoms with Crippen molar-refractivity contribution in [2.75, 3.05) is 32.2 Å². The second kappa shape index (κ2) is 8.51. The van der Waals surface area contributed by atoms with Crippen LogP contribution in [0.2, 0.25) is 0 Å². The highest BCUT2D eigenvalue weighted by Gasteiger charge is 2.23. The Kier molecular flexibility index (Phi) is 5.88. The third-order valence-electron chi connectivity index (χ3n) is 4.46. The predicted molar refractivity (Wildman–Crippen MR) is 98.7 cm³/mol. The van der Waals surface area contributed by atoms with Crippen LogP contribution in [-0.2, 0) is 11.2 Å². The second-order valence-corrected chi connectivity index (χ2v) is 6.26. The first-order valence-corrected chi connectivity index (χ1v) is 8.72. The molecule has 7 nitrogen and oxygen atoms in total. The fraction of sp³-hybridized carbons (Fsp3) is 0.421. The van der Waals surface area contributed by atoms with E-state index in [1.54, 1.807) is 32.7 Å². The highest BCUT2D eigenvalue weighted by molar-refractivity contribution is 5.80. The smallest absolute Gasteiger partial charge is 0.225 e. The summed E-state index contributed by atoms with van der Waals surface area (Å²) in [7, 11) is 3.20. The molecule has 1 aromatic carbocycles. The summed E-state index contributed by atoms with van der Waals surface area (Å²) in [5, 5.41) is 3.12. The van der Waals surface area contributed by atoms with Gasteiger partial charge in [0.25, 0.3) is 0 Å². The molecule has 0 spiro atoms. The van der Waals surface area contributed by atoms with Gasteiger partial charge in [-0.1, -0.05) is 0 Å². The maximum absolute atomic E-state index is 12.5. The molecule has 26 heavy (non-hydrogen) atoms. The Balaban J connectivity index is 1.61. The molecular weight excluding hydrogens is 332 g/mol. The van der Waals surface area contributed by atoms with Gasteiger partial charge >= 0.3 is 0 Å². The summed E-state index contributed by atoms with van der Waals surface area (Å²) in [6.45, 7) is 1.62. The average Bonchev–Trinajstić information content (AvgIpc) is 2.68. The van der Waals surface area contributed by atoms with Crippen LogP contribution in [0.4, 0.5) is 5.95 Å². The SMILES string of the molecule is COc1ccc(OC)c(CC(=O)N[C@@H]2CCCN(c3ncccn3)C2)c1. The molecule has 1 fully saturated rings. The molecule has 1 atom stereocenters. The molecule has 1 aromatic heterocycles. The molecule has 138 valence electrons. The van der Waals surface area contributed by atoms with Crippen molar-refractivity contribution in [1.82, 2.24) is 15.3 Å². The van der Waals surface area contributed by atoms with Gasteiger partial charge < -0.3 is 19.7 Å². The molecule has 1 amide bonds.